The summed E-state index contributed by atoms with van der Waals surface area (Å²) in [4.78, 5) is 42.0. The van der Waals surface area contributed by atoms with Crippen LogP contribution in [0.15, 0.2) is 18.2 Å². The van der Waals surface area contributed by atoms with Crippen LogP contribution in [0.4, 0.5) is 4.79 Å². The summed E-state index contributed by atoms with van der Waals surface area (Å²) in [7, 11) is 0. The van der Waals surface area contributed by atoms with Crippen LogP contribution in [-0.2, 0) is 9.59 Å². The summed E-state index contributed by atoms with van der Waals surface area (Å²) in [5, 5.41) is 2.92. The van der Waals surface area contributed by atoms with E-state index in [1.54, 1.807) is 4.90 Å². The van der Waals surface area contributed by atoms with E-state index in [2.05, 4.69) is 5.32 Å². The lowest BCUT2D eigenvalue weighted by Crippen LogP contribution is -2.47. The van der Waals surface area contributed by atoms with Gasteiger partial charge in [0.2, 0.25) is 5.91 Å². The molecule has 1 saturated carbocycles. The summed E-state index contributed by atoms with van der Waals surface area (Å²) >= 11 is 0. The van der Waals surface area contributed by atoms with Crippen molar-refractivity contribution in [1.82, 2.24) is 15.1 Å². The number of urea groups is 1. The number of nitrogens with zero attached hydrogens (tertiary/aromatic N) is 2. The number of rotatable bonds is 3. The molecule has 3 aliphatic heterocycles. The SMILES string of the molecule is O=C1NC2(CCCCCC2)C(=O)N1CC(=O)N1CCC[C@@H]1c1ccc2c(c1)OCCCO2. The fraction of sp³-hybridized carbons (Fsp3) is 0.625. The van der Waals surface area contributed by atoms with E-state index in [0.717, 1.165) is 61.2 Å². The number of hydrogen-bond donors (Lipinski definition) is 1. The minimum Gasteiger partial charge on any atom is -0.490 e. The molecule has 1 aromatic carbocycles. The van der Waals surface area contributed by atoms with Crippen molar-refractivity contribution < 1.29 is 23.9 Å². The maximum atomic E-state index is 13.3. The number of benzene rings is 1. The van der Waals surface area contributed by atoms with Crippen molar-refractivity contribution in [1.29, 1.82) is 0 Å². The van der Waals surface area contributed by atoms with Crippen LogP contribution < -0.4 is 14.8 Å². The topological polar surface area (TPSA) is 88.2 Å². The molecule has 0 aromatic heterocycles. The molecule has 0 bridgehead atoms. The predicted molar refractivity (Wildman–Crippen MR) is 116 cm³/mol. The van der Waals surface area contributed by atoms with Gasteiger partial charge >= 0.3 is 6.03 Å². The van der Waals surface area contributed by atoms with Crippen LogP contribution in [0.5, 0.6) is 11.5 Å². The van der Waals surface area contributed by atoms with Gasteiger partial charge in [-0.05, 0) is 43.4 Å². The second kappa shape index (κ2) is 8.64. The smallest absolute Gasteiger partial charge is 0.325 e. The molecule has 1 spiro atoms. The third-order valence-corrected chi connectivity index (χ3v) is 7.23. The number of imide groups is 1. The minimum atomic E-state index is -0.813. The normalized spacial score (nSPS) is 24.9. The van der Waals surface area contributed by atoms with E-state index in [1.165, 1.54) is 0 Å². The first-order valence-electron chi connectivity index (χ1n) is 11.9. The summed E-state index contributed by atoms with van der Waals surface area (Å²) in [5.41, 5.74) is 0.185. The highest BCUT2D eigenvalue weighted by Crippen LogP contribution is 2.38. The van der Waals surface area contributed by atoms with Gasteiger partial charge in [0.25, 0.3) is 5.91 Å². The van der Waals surface area contributed by atoms with Gasteiger partial charge in [0, 0.05) is 13.0 Å². The van der Waals surface area contributed by atoms with Crippen LogP contribution in [-0.4, -0.2) is 59.5 Å². The minimum absolute atomic E-state index is 0.0905. The van der Waals surface area contributed by atoms with E-state index < -0.39 is 11.6 Å². The molecule has 1 aromatic rings. The van der Waals surface area contributed by atoms with Gasteiger partial charge in [0.1, 0.15) is 12.1 Å². The second-order valence-corrected chi connectivity index (χ2v) is 9.32. The molecule has 2 saturated heterocycles. The van der Waals surface area contributed by atoms with Crippen LogP contribution in [0.25, 0.3) is 0 Å². The Morgan fingerprint density at radius 1 is 1.00 bits per heavy atom. The Balaban J connectivity index is 1.30. The molecule has 3 fully saturated rings. The average Bonchev–Trinajstić information content (AvgIpc) is 3.14. The van der Waals surface area contributed by atoms with Crippen LogP contribution in [0, 0.1) is 0 Å². The summed E-state index contributed by atoms with van der Waals surface area (Å²) in [5.74, 6) is 1.02. The maximum Gasteiger partial charge on any atom is 0.325 e. The van der Waals surface area contributed by atoms with Crippen LogP contribution in [0.3, 0.4) is 0 Å². The fourth-order valence-electron chi connectivity index (χ4n) is 5.52. The van der Waals surface area contributed by atoms with E-state index in [-0.39, 0.29) is 24.4 Å². The molecule has 4 amide bonds. The lowest BCUT2D eigenvalue weighted by molar-refractivity contribution is -0.139. The Kier molecular flexibility index (Phi) is 5.69. The number of carbonyl (C=O) groups excluding carboxylic acids is 3. The average molecular weight is 442 g/mol. The van der Waals surface area contributed by atoms with Gasteiger partial charge < -0.3 is 19.7 Å². The molecule has 3 heterocycles. The highest BCUT2D eigenvalue weighted by Gasteiger charge is 2.51. The first-order chi connectivity index (χ1) is 15.6. The van der Waals surface area contributed by atoms with E-state index in [0.29, 0.717) is 38.3 Å². The molecule has 1 aliphatic carbocycles. The first kappa shape index (κ1) is 21.1. The molecule has 32 heavy (non-hydrogen) atoms. The largest absolute Gasteiger partial charge is 0.490 e. The molecular formula is C24H31N3O5. The Hall–Kier alpha value is -2.77. The second-order valence-electron chi connectivity index (χ2n) is 9.32. The first-order valence-corrected chi connectivity index (χ1v) is 11.9. The van der Waals surface area contributed by atoms with Gasteiger partial charge in [0.15, 0.2) is 11.5 Å². The highest BCUT2D eigenvalue weighted by atomic mass is 16.5. The zero-order chi connectivity index (χ0) is 22.1. The molecule has 8 nitrogen and oxygen atoms in total. The predicted octanol–water partition coefficient (Wildman–Crippen LogP) is 3.16. The van der Waals surface area contributed by atoms with Crippen molar-refractivity contribution in [2.24, 2.45) is 0 Å². The quantitative estimate of drug-likeness (QED) is 0.728. The number of fused-ring (bicyclic) bond motifs is 1. The molecule has 1 atom stereocenters. The van der Waals surface area contributed by atoms with Gasteiger partial charge in [-0.2, -0.15) is 0 Å². The molecule has 0 radical (unpaired) electrons. The Labute approximate surface area is 188 Å². The maximum absolute atomic E-state index is 13.3. The van der Waals surface area contributed by atoms with Crippen molar-refractivity contribution in [2.45, 2.75) is 69.4 Å². The standard InChI is InChI=1S/C24H31N3O5/c28-21(16-27-22(29)24(25-23(27)30)10-3-1-2-4-11-24)26-12-5-7-18(26)17-8-9-19-20(15-17)32-14-6-13-31-19/h8-9,15,18H,1-7,10-14,16H2,(H,25,30)/t18-/m1/s1. The van der Waals surface area contributed by atoms with Gasteiger partial charge in [-0.15, -0.1) is 0 Å². The molecular weight excluding hydrogens is 410 g/mol. The van der Waals surface area contributed by atoms with Gasteiger partial charge in [-0.3, -0.25) is 14.5 Å². The summed E-state index contributed by atoms with van der Waals surface area (Å²) in [6, 6.07) is 5.33. The van der Waals surface area contributed by atoms with Crippen LogP contribution in [0.2, 0.25) is 0 Å². The van der Waals surface area contributed by atoms with Crippen LogP contribution >= 0.6 is 0 Å². The Morgan fingerprint density at radius 3 is 2.53 bits per heavy atom. The Morgan fingerprint density at radius 2 is 1.75 bits per heavy atom. The highest BCUT2D eigenvalue weighted by molar-refractivity contribution is 6.09. The zero-order valence-corrected chi connectivity index (χ0v) is 18.4. The van der Waals surface area contributed by atoms with Crippen LogP contribution in [0.1, 0.15) is 69.4 Å². The summed E-state index contributed by atoms with van der Waals surface area (Å²) < 4.78 is 11.5. The van der Waals surface area contributed by atoms with Crippen molar-refractivity contribution in [2.75, 3.05) is 26.3 Å². The number of likely N-dealkylation sites (tertiary alicyclic amines) is 1. The number of nitrogens with one attached hydrogen (secondary N) is 1. The van der Waals surface area contributed by atoms with E-state index in [4.69, 9.17) is 9.47 Å². The van der Waals surface area contributed by atoms with E-state index in [1.807, 2.05) is 18.2 Å². The van der Waals surface area contributed by atoms with Crippen molar-refractivity contribution in [3.63, 3.8) is 0 Å². The summed E-state index contributed by atoms with van der Waals surface area (Å²) in [6.45, 7) is 1.66. The lowest BCUT2D eigenvalue weighted by Gasteiger charge is -2.28. The molecule has 172 valence electrons. The van der Waals surface area contributed by atoms with Gasteiger partial charge in [0.05, 0.1) is 19.3 Å². The van der Waals surface area contributed by atoms with Gasteiger partial charge in [-0.25, -0.2) is 4.79 Å². The van der Waals surface area contributed by atoms with E-state index in [9.17, 15) is 14.4 Å². The molecule has 1 N–H and O–H groups in total. The molecule has 5 rings (SSSR count). The number of amides is 4. The third-order valence-electron chi connectivity index (χ3n) is 7.23. The van der Waals surface area contributed by atoms with Gasteiger partial charge in [-0.1, -0.05) is 31.7 Å². The molecule has 0 unspecified atom stereocenters. The monoisotopic (exact) mass is 441 g/mol. The zero-order valence-electron chi connectivity index (χ0n) is 18.4. The fourth-order valence-corrected chi connectivity index (χ4v) is 5.52. The molecule has 8 heteroatoms. The third kappa shape index (κ3) is 3.80. The van der Waals surface area contributed by atoms with Crippen molar-refractivity contribution in [3.05, 3.63) is 23.8 Å². The Bertz CT molecular complexity index is 909. The number of ether oxygens (including phenoxy) is 2. The van der Waals surface area contributed by atoms with Crippen molar-refractivity contribution in [3.8, 4) is 11.5 Å². The number of hydrogen-bond acceptors (Lipinski definition) is 5. The molecule has 4 aliphatic rings. The van der Waals surface area contributed by atoms with Crippen molar-refractivity contribution >= 4 is 17.8 Å². The van der Waals surface area contributed by atoms with E-state index >= 15 is 0 Å². The lowest BCUT2D eigenvalue weighted by atomic mass is 9.90. The summed E-state index contributed by atoms with van der Waals surface area (Å²) in [6.07, 6.45) is 7.88. The number of carbonyl (C=O) groups is 3.